The molecule has 0 N–H and O–H groups in total. The minimum absolute atomic E-state index is 0.134. The summed E-state index contributed by atoms with van der Waals surface area (Å²) in [5, 5.41) is 0. The highest BCUT2D eigenvalue weighted by molar-refractivity contribution is 5.89. The minimum atomic E-state index is -0.399. The van der Waals surface area contributed by atoms with E-state index in [0.717, 1.165) is 5.56 Å². The van der Waals surface area contributed by atoms with Gasteiger partial charge in [-0.15, -0.1) is 0 Å². The Hall–Kier alpha value is -1.64. The molecule has 3 heteroatoms. The Labute approximate surface area is 114 Å². The molecule has 2 rings (SSSR count). The third-order valence-corrected chi connectivity index (χ3v) is 3.55. The summed E-state index contributed by atoms with van der Waals surface area (Å²) in [6.07, 6.45) is 1.59. The minimum Gasteiger partial charge on any atom is -0.393 e. The normalized spacial score (nSPS) is 20.3. The van der Waals surface area contributed by atoms with Crippen molar-refractivity contribution in [3.63, 3.8) is 0 Å². The van der Waals surface area contributed by atoms with E-state index in [2.05, 4.69) is 49.8 Å². The first-order valence-corrected chi connectivity index (χ1v) is 6.70. The van der Waals surface area contributed by atoms with Crippen molar-refractivity contribution in [2.24, 2.45) is 5.92 Å². The van der Waals surface area contributed by atoms with Gasteiger partial charge in [0.1, 0.15) is 0 Å². The van der Waals surface area contributed by atoms with Gasteiger partial charge in [0.2, 0.25) is 0 Å². The van der Waals surface area contributed by atoms with Crippen LogP contribution < -0.4 is 0 Å². The van der Waals surface area contributed by atoms with Crippen LogP contribution in [0.25, 0.3) is 0 Å². The topological polar surface area (TPSA) is 43.4 Å². The smallest absolute Gasteiger partial charge is 0.316 e. The van der Waals surface area contributed by atoms with Crippen LogP contribution in [0.5, 0.6) is 0 Å². The van der Waals surface area contributed by atoms with E-state index in [1.165, 1.54) is 5.56 Å². The van der Waals surface area contributed by atoms with Crippen LogP contribution in [0.15, 0.2) is 24.3 Å². The molecule has 0 bridgehead atoms. The monoisotopic (exact) mass is 260 g/mol. The molecule has 19 heavy (non-hydrogen) atoms. The number of ether oxygens (including phenoxy) is 1. The van der Waals surface area contributed by atoms with E-state index in [9.17, 15) is 9.59 Å². The average molecular weight is 260 g/mol. The second kappa shape index (κ2) is 5.16. The van der Waals surface area contributed by atoms with Crippen molar-refractivity contribution in [2.75, 3.05) is 0 Å². The fourth-order valence-electron chi connectivity index (χ4n) is 2.27. The number of rotatable bonds is 2. The van der Waals surface area contributed by atoms with Crippen LogP contribution in [-0.2, 0) is 26.2 Å². The number of carbonyl (C=O) groups excluding carboxylic acids is 2. The molecule has 0 radical (unpaired) electrons. The summed E-state index contributed by atoms with van der Waals surface area (Å²) in [6.45, 7) is 6.52. The van der Waals surface area contributed by atoms with Crippen LogP contribution in [0.1, 0.15) is 44.7 Å². The molecule has 1 unspecified atom stereocenters. The quantitative estimate of drug-likeness (QED) is 0.606. The highest BCUT2D eigenvalue weighted by Gasteiger charge is 2.29. The van der Waals surface area contributed by atoms with E-state index in [1.54, 1.807) is 0 Å². The Morgan fingerprint density at radius 1 is 1.16 bits per heavy atom. The Kier molecular flexibility index (Phi) is 3.74. The average Bonchev–Trinajstić information content (AvgIpc) is 2.32. The first-order valence-electron chi connectivity index (χ1n) is 6.70. The van der Waals surface area contributed by atoms with E-state index in [0.29, 0.717) is 19.3 Å². The molecule has 0 spiro atoms. The van der Waals surface area contributed by atoms with Gasteiger partial charge in [-0.05, 0) is 29.4 Å². The lowest BCUT2D eigenvalue weighted by Gasteiger charge is -2.21. The molecule has 0 aromatic heterocycles. The first kappa shape index (κ1) is 13.8. The summed E-state index contributed by atoms with van der Waals surface area (Å²) in [6, 6.07) is 8.33. The van der Waals surface area contributed by atoms with Crippen molar-refractivity contribution in [3.05, 3.63) is 35.4 Å². The van der Waals surface area contributed by atoms with Crippen molar-refractivity contribution in [1.82, 2.24) is 0 Å². The molecule has 1 fully saturated rings. The maximum absolute atomic E-state index is 11.6. The van der Waals surface area contributed by atoms with Gasteiger partial charge in [-0.25, -0.2) is 0 Å². The maximum atomic E-state index is 11.6. The van der Waals surface area contributed by atoms with Gasteiger partial charge >= 0.3 is 11.9 Å². The molecular weight excluding hydrogens is 240 g/mol. The largest absolute Gasteiger partial charge is 0.393 e. The molecule has 0 aliphatic carbocycles. The van der Waals surface area contributed by atoms with Gasteiger partial charge in [-0.3, -0.25) is 9.59 Å². The van der Waals surface area contributed by atoms with Gasteiger partial charge < -0.3 is 4.74 Å². The van der Waals surface area contributed by atoms with Crippen LogP contribution in [-0.4, -0.2) is 11.9 Å². The molecule has 1 saturated heterocycles. The number of esters is 2. The molecule has 0 amide bonds. The van der Waals surface area contributed by atoms with Gasteiger partial charge in [0.25, 0.3) is 0 Å². The lowest BCUT2D eigenvalue weighted by atomic mass is 9.85. The number of carbonyl (C=O) groups is 2. The second-order valence-corrected chi connectivity index (χ2v) is 6.18. The summed E-state index contributed by atoms with van der Waals surface area (Å²) < 4.78 is 4.67. The fraction of sp³-hybridized carbons (Fsp3) is 0.500. The first-order chi connectivity index (χ1) is 8.86. The third kappa shape index (κ3) is 3.43. The van der Waals surface area contributed by atoms with Gasteiger partial charge in [0, 0.05) is 6.42 Å². The lowest BCUT2D eigenvalue weighted by molar-refractivity contribution is -0.167. The van der Waals surface area contributed by atoms with E-state index < -0.39 is 5.97 Å². The Bertz CT molecular complexity index is 480. The zero-order valence-corrected chi connectivity index (χ0v) is 11.7. The van der Waals surface area contributed by atoms with E-state index in [-0.39, 0.29) is 17.3 Å². The van der Waals surface area contributed by atoms with Crippen LogP contribution >= 0.6 is 0 Å². The molecule has 0 saturated carbocycles. The second-order valence-electron chi connectivity index (χ2n) is 6.18. The van der Waals surface area contributed by atoms with Crippen molar-refractivity contribution in [2.45, 2.75) is 45.4 Å². The van der Waals surface area contributed by atoms with Crippen LogP contribution in [0.4, 0.5) is 0 Å². The van der Waals surface area contributed by atoms with Crippen LogP contribution in [0, 0.1) is 5.92 Å². The summed E-state index contributed by atoms with van der Waals surface area (Å²) in [7, 11) is 0. The summed E-state index contributed by atoms with van der Waals surface area (Å²) in [5.74, 6) is -0.960. The maximum Gasteiger partial charge on any atom is 0.316 e. The third-order valence-electron chi connectivity index (χ3n) is 3.55. The van der Waals surface area contributed by atoms with Crippen LogP contribution in [0.2, 0.25) is 0 Å². The number of hydrogen-bond donors (Lipinski definition) is 0. The van der Waals surface area contributed by atoms with Gasteiger partial charge in [0.05, 0.1) is 5.92 Å². The predicted octanol–water partition coefficient (Wildman–Crippen LogP) is 3.01. The van der Waals surface area contributed by atoms with Crippen LogP contribution in [0.3, 0.4) is 0 Å². The summed E-state index contributed by atoms with van der Waals surface area (Å²) in [4.78, 5) is 22.6. The zero-order chi connectivity index (χ0) is 14.0. The highest BCUT2D eigenvalue weighted by Crippen LogP contribution is 2.25. The molecule has 1 aromatic carbocycles. The molecule has 102 valence electrons. The highest BCUT2D eigenvalue weighted by atomic mass is 16.6. The van der Waals surface area contributed by atoms with Gasteiger partial charge in [-0.2, -0.15) is 0 Å². The zero-order valence-electron chi connectivity index (χ0n) is 11.7. The molecule has 3 nitrogen and oxygen atoms in total. The van der Waals surface area contributed by atoms with Gasteiger partial charge in [-0.1, -0.05) is 45.0 Å². The number of cyclic esters (lactones) is 2. The van der Waals surface area contributed by atoms with Crippen molar-refractivity contribution in [3.8, 4) is 0 Å². The summed E-state index contributed by atoms with van der Waals surface area (Å²) in [5.41, 5.74) is 2.52. The Balaban J connectivity index is 2.04. The van der Waals surface area contributed by atoms with Crippen molar-refractivity contribution in [1.29, 1.82) is 0 Å². The predicted molar refractivity (Wildman–Crippen MR) is 72.7 cm³/mol. The molecule has 1 aliphatic heterocycles. The molecule has 1 aliphatic rings. The Morgan fingerprint density at radius 2 is 1.79 bits per heavy atom. The lowest BCUT2D eigenvalue weighted by Crippen LogP contribution is -2.29. The van der Waals surface area contributed by atoms with E-state index in [4.69, 9.17) is 0 Å². The SMILES string of the molecule is CC(C)(C)c1ccc(CC2CCC(=O)OC2=O)cc1. The van der Waals surface area contributed by atoms with E-state index in [1.807, 2.05) is 0 Å². The van der Waals surface area contributed by atoms with Crippen molar-refractivity contribution < 1.29 is 14.3 Å². The molecule has 1 atom stereocenters. The molecular formula is C16H20O3. The molecule has 1 heterocycles. The van der Waals surface area contributed by atoms with Crippen molar-refractivity contribution >= 4 is 11.9 Å². The number of benzene rings is 1. The standard InChI is InChI=1S/C16H20O3/c1-16(2,3)13-7-4-11(5-8-13)10-12-6-9-14(17)19-15(12)18/h4-5,7-8,12H,6,9-10H2,1-3H3. The number of hydrogen-bond acceptors (Lipinski definition) is 3. The Morgan fingerprint density at radius 3 is 2.32 bits per heavy atom. The van der Waals surface area contributed by atoms with E-state index >= 15 is 0 Å². The molecule has 1 aromatic rings. The summed E-state index contributed by atoms with van der Waals surface area (Å²) >= 11 is 0. The van der Waals surface area contributed by atoms with Gasteiger partial charge in [0.15, 0.2) is 0 Å². The fourth-order valence-corrected chi connectivity index (χ4v) is 2.27.